The van der Waals surface area contributed by atoms with Crippen LogP contribution in [-0.2, 0) is 9.59 Å². The molecule has 168 valence electrons. The summed E-state index contributed by atoms with van der Waals surface area (Å²) in [5.74, 6) is -1.74. The van der Waals surface area contributed by atoms with Crippen molar-refractivity contribution in [2.75, 3.05) is 5.32 Å². The number of carbonyl (C=O) groups excluding carboxylic acids is 3. The van der Waals surface area contributed by atoms with Crippen molar-refractivity contribution in [3.63, 3.8) is 0 Å². The van der Waals surface area contributed by atoms with E-state index in [4.69, 9.17) is 4.74 Å². The number of benzene rings is 3. The van der Waals surface area contributed by atoms with Crippen LogP contribution in [0.5, 0.6) is 5.75 Å². The van der Waals surface area contributed by atoms with Gasteiger partial charge in [-0.15, -0.1) is 0 Å². The first-order valence-electron chi connectivity index (χ1n) is 10.3. The number of nitrogens with zero attached hydrogens (tertiary/aromatic N) is 1. The van der Waals surface area contributed by atoms with Crippen LogP contribution in [0.25, 0.3) is 0 Å². The van der Waals surface area contributed by atoms with E-state index in [9.17, 15) is 14.4 Å². The van der Waals surface area contributed by atoms with Gasteiger partial charge in [0, 0.05) is 5.69 Å². The maximum atomic E-state index is 12.3. The summed E-state index contributed by atoms with van der Waals surface area (Å²) in [6.07, 6.45) is 0. The summed E-state index contributed by atoms with van der Waals surface area (Å²) >= 11 is 0. The number of hydrogen-bond donors (Lipinski definition) is 2. The zero-order valence-corrected chi connectivity index (χ0v) is 18.9. The van der Waals surface area contributed by atoms with Gasteiger partial charge >= 0.3 is 17.8 Å². The molecule has 0 saturated carbocycles. The molecule has 0 aliphatic carbocycles. The summed E-state index contributed by atoms with van der Waals surface area (Å²) in [4.78, 5) is 36.6. The van der Waals surface area contributed by atoms with Crippen LogP contribution in [0.15, 0.2) is 71.8 Å². The number of hydrogen-bond acceptors (Lipinski definition) is 5. The Balaban J connectivity index is 1.58. The van der Waals surface area contributed by atoms with Gasteiger partial charge in [0.1, 0.15) is 5.75 Å². The van der Waals surface area contributed by atoms with Crippen molar-refractivity contribution in [1.82, 2.24) is 5.43 Å². The van der Waals surface area contributed by atoms with Gasteiger partial charge < -0.3 is 10.1 Å². The third-order valence-electron chi connectivity index (χ3n) is 4.91. The minimum absolute atomic E-state index is 0.384. The quantitative estimate of drug-likeness (QED) is 0.202. The van der Waals surface area contributed by atoms with E-state index in [1.165, 1.54) is 0 Å². The highest BCUT2D eigenvalue weighted by atomic mass is 16.5. The molecule has 7 nitrogen and oxygen atoms in total. The lowest BCUT2D eigenvalue weighted by Crippen LogP contribution is -2.33. The van der Waals surface area contributed by atoms with Crippen molar-refractivity contribution in [2.24, 2.45) is 5.10 Å². The van der Waals surface area contributed by atoms with Crippen LogP contribution in [-0.4, -0.2) is 23.5 Å². The van der Waals surface area contributed by atoms with Crippen LogP contribution < -0.4 is 15.5 Å². The molecule has 0 heterocycles. The first-order valence-corrected chi connectivity index (χ1v) is 10.3. The molecule has 3 aromatic rings. The molecule has 0 fully saturated rings. The number of ether oxygens (including phenoxy) is 1. The molecule has 0 aromatic heterocycles. The van der Waals surface area contributed by atoms with Crippen molar-refractivity contribution in [3.8, 4) is 5.75 Å². The van der Waals surface area contributed by atoms with Crippen LogP contribution in [0.3, 0.4) is 0 Å². The number of carbonyl (C=O) groups is 3. The predicted molar refractivity (Wildman–Crippen MR) is 127 cm³/mol. The number of nitrogens with one attached hydrogen (secondary N) is 2. The first kappa shape index (κ1) is 23.4. The average Bonchev–Trinajstić information content (AvgIpc) is 2.80. The van der Waals surface area contributed by atoms with E-state index in [-0.39, 0.29) is 0 Å². The standard InChI is InChI=1S/C26H25N3O4/c1-16-6-5-7-21(14-16)26(32)33-22-12-10-20(11-13-22)19(4)28-29-25(31)24(30)27-23-15-17(2)8-9-18(23)3/h5-15H,1-4H3,(H,27,30)(H,29,31). The zero-order chi connectivity index (χ0) is 24.0. The Labute approximate surface area is 192 Å². The molecule has 0 unspecified atom stereocenters. The van der Waals surface area contributed by atoms with Gasteiger partial charge in [0.2, 0.25) is 0 Å². The number of amides is 2. The van der Waals surface area contributed by atoms with E-state index < -0.39 is 17.8 Å². The summed E-state index contributed by atoms with van der Waals surface area (Å²) < 4.78 is 5.39. The van der Waals surface area contributed by atoms with Crippen LogP contribution in [0.1, 0.15) is 39.5 Å². The van der Waals surface area contributed by atoms with Crippen molar-refractivity contribution in [3.05, 3.63) is 94.5 Å². The smallest absolute Gasteiger partial charge is 0.343 e. The molecule has 0 aliphatic heterocycles. The van der Waals surface area contributed by atoms with Gasteiger partial charge in [-0.2, -0.15) is 5.10 Å². The van der Waals surface area contributed by atoms with Gasteiger partial charge in [-0.05, 0) is 86.8 Å². The Bertz CT molecular complexity index is 1230. The highest BCUT2D eigenvalue weighted by Crippen LogP contribution is 2.17. The third-order valence-corrected chi connectivity index (χ3v) is 4.91. The summed E-state index contributed by atoms with van der Waals surface area (Å²) in [6.45, 7) is 7.34. The Morgan fingerprint density at radius 1 is 0.788 bits per heavy atom. The number of anilines is 1. The van der Waals surface area contributed by atoms with Crippen molar-refractivity contribution < 1.29 is 19.1 Å². The van der Waals surface area contributed by atoms with Crippen LogP contribution in [0.2, 0.25) is 0 Å². The summed E-state index contributed by atoms with van der Waals surface area (Å²) in [6, 6.07) is 19.4. The molecule has 3 rings (SSSR count). The first-order chi connectivity index (χ1) is 15.7. The summed E-state index contributed by atoms with van der Waals surface area (Å²) in [5, 5.41) is 6.58. The van der Waals surface area contributed by atoms with Gasteiger partial charge in [-0.25, -0.2) is 10.2 Å². The lowest BCUT2D eigenvalue weighted by atomic mass is 10.1. The molecule has 7 heteroatoms. The van der Waals surface area contributed by atoms with Crippen molar-refractivity contribution in [1.29, 1.82) is 0 Å². The molecule has 0 spiro atoms. The second-order valence-electron chi connectivity index (χ2n) is 7.69. The molecule has 0 aliphatic rings. The summed E-state index contributed by atoms with van der Waals surface area (Å²) in [5.41, 5.74) is 7.28. The van der Waals surface area contributed by atoms with E-state index in [1.807, 2.05) is 39.0 Å². The maximum absolute atomic E-state index is 12.3. The lowest BCUT2D eigenvalue weighted by molar-refractivity contribution is -0.136. The average molecular weight is 444 g/mol. The maximum Gasteiger partial charge on any atom is 0.343 e. The van der Waals surface area contributed by atoms with E-state index in [0.29, 0.717) is 28.3 Å². The highest BCUT2D eigenvalue weighted by Gasteiger charge is 2.15. The third kappa shape index (κ3) is 6.36. The van der Waals surface area contributed by atoms with E-state index in [1.54, 1.807) is 55.5 Å². The minimum Gasteiger partial charge on any atom is -0.423 e. The Kier molecular flexibility index (Phi) is 7.35. The van der Waals surface area contributed by atoms with Gasteiger partial charge in [-0.3, -0.25) is 9.59 Å². The SMILES string of the molecule is CC(=NNC(=O)C(=O)Nc1cc(C)ccc1C)c1ccc(OC(=O)c2cccc(C)c2)cc1. The van der Waals surface area contributed by atoms with Gasteiger partial charge in [0.05, 0.1) is 11.3 Å². The molecule has 2 N–H and O–H groups in total. The molecule has 0 atom stereocenters. The number of hydrazone groups is 1. The Morgan fingerprint density at radius 2 is 1.48 bits per heavy atom. The lowest BCUT2D eigenvalue weighted by Gasteiger charge is -2.09. The molecule has 33 heavy (non-hydrogen) atoms. The molecule has 0 bridgehead atoms. The number of rotatable bonds is 5. The predicted octanol–water partition coefficient (Wildman–Crippen LogP) is 4.31. The second-order valence-corrected chi connectivity index (χ2v) is 7.69. The monoisotopic (exact) mass is 443 g/mol. The molecule has 2 amide bonds. The zero-order valence-electron chi connectivity index (χ0n) is 18.9. The number of esters is 1. The van der Waals surface area contributed by atoms with Crippen LogP contribution >= 0.6 is 0 Å². The van der Waals surface area contributed by atoms with Gasteiger partial charge in [0.15, 0.2) is 0 Å². The van der Waals surface area contributed by atoms with Crippen LogP contribution in [0, 0.1) is 20.8 Å². The topological polar surface area (TPSA) is 96.9 Å². The van der Waals surface area contributed by atoms with Gasteiger partial charge in [0.25, 0.3) is 0 Å². The van der Waals surface area contributed by atoms with E-state index in [2.05, 4.69) is 15.8 Å². The molecular formula is C26H25N3O4. The van der Waals surface area contributed by atoms with Gasteiger partial charge in [-0.1, -0.05) is 29.8 Å². The fourth-order valence-electron chi connectivity index (χ4n) is 3.00. The second kappa shape index (κ2) is 10.4. The molecule has 0 radical (unpaired) electrons. The fourth-order valence-corrected chi connectivity index (χ4v) is 3.00. The molecule has 0 saturated heterocycles. The van der Waals surface area contributed by atoms with E-state index in [0.717, 1.165) is 16.7 Å². The summed E-state index contributed by atoms with van der Waals surface area (Å²) in [7, 11) is 0. The fraction of sp³-hybridized carbons (Fsp3) is 0.154. The highest BCUT2D eigenvalue weighted by molar-refractivity contribution is 6.39. The van der Waals surface area contributed by atoms with Crippen LogP contribution in [0.4, 0.5) is 5.69 Å². The normalized spacial score (nSPS) is 11.0. The van der Waals surface area contributed by atoms with Crippen molar-refractivity contribution >= 4 is 29.2 Å². The number of aryl methyl sites for hydroxylation is 3. The Hall–Kier alpha value is -4.26. The minimum atomic E-state index is -0.876. The molecular weight excluding hydrogens is 418 g/mol. The van der Waals surface area contributed by atoms with E-state index >= 15 is 0 Å². The van der Waals surface area contributed by atoms with Crippen molar-refractivity contribution in [2.45, 2.75) is 27.7 Å². The Morgan fingerprint density at radius 3 is 2.18 bits per heavy atom. The molecule has 3 aromatic carbocycles. The largest absolute Gasteiger partial charge is 0.423 e.